The number of nitrogens with zero attached hydrogens (tertiary/aromatic N) is 2. The monoisotopic (exact) mass is 704 g/mol. The number of aliphatic hydroxyl groups is 1. The molecular formula is C36H44N6O9. The Kier molecular flexibility index (Phi) is 12.6. The first kappa shape index (κ1) is 37.2. The van der Waals surface area contributed by atoms with Crippen LogP contribution in [0.25, 0.3) is 11.3 Å². The molecule has 1 aromatic heterocycles. The predicted octanol–water partition coefficient (Wildman–Crippen LogP) is 1.70. The third-order valence-corrected chi connectivity index (χ3v) is 9.00. The lowest BCUT2D eigenvalue weighted by atomic mass is 9.94. The van der Waals surface area contributed by atoms with Crippen LogP contribution in [-0.4, -0.2) is 110 Å². The van der Waals surface area contributed by atoms with E-state index >= 15 is 0 Å². The van der Waals surface area contributed by atoms with Gasteiger partial charge in [0, 0.05) is 50.9 Å². The maximum absolute atomic E-state index is 13.9. The fraction of sp³-hybridized carbons (Fsp3) is 0.417. The van der Waals surface area contributed by atoms with E-state index in [1.807, 2.05) is 72.8 Å². The molecule has 3 heterocycles. The summed E-state index contributed by atoms with van der Waals surface area (Å²) in [5.74, 6) is -1.11. The van der Waals surface area contributed by atoms with E-state index in [4.69, 9.17) is 18.9 Å². The number of rotatable bonds is 14. The average molecular weight is 705 g/mol. The quantitative estimate of drug-likeness (QED) is 0.154. The third kappa shape index (κ3) is 9.58. The van der Waals surface area contributed by atoms with Gasteiger partial charge in [-0.15, -0.1) is 0 Å². The molecule has 2 aliphatic heterocycles. The second-order valence-corrected chi connectivity index (χ2v) is 12.6. The number of hydrogen-bond acceptors (Lipinski definition) is 11. The van der Waals surface area contributed by atoms with Crippen molar-refractivity contribution in [2.45, 2.75) is 49.0 Å². The van der Waals surface area contributed by atoms with Gasteiger partial charge in [-0.25, -0.2) is 14.6 Å². The minimum Gasteiger partial charge on any atom is -0.453 e. The molecule has 51 heavy (non-hydrogen) atoms. The van der Waals surface area contributed by atoms with E-state index in [0.29, 0.717) is 0 Å². The van der Waals surface area contributed by atoms with E-state index in [1.165, 1.54) is 19.2 Å². The highest BCUT2D eigenvalue weighted by Crippen LogP contribution is 2.23. The number of aromatic nitrogens is 1. The molecule has 2 fully saturated rings. The predicted molar refractivity (Wildman–Crippen MR) is 184 cm³/mol. The molecule has 0 saturated carbocycles. The van der Waals surface area contributed by atoms with Crippen molar-refractivity contribution in [3.63, 3.8) is 0 Å². The number of benzene rings is 2. The van der Waals surface area contributed by atoms with Crippen molar-refractivity contribution >= 4 is 24.0 Å². The highest BCUT2D eigenvalue weighted by atomic mass is 16.5. The molecule has 0 aliphatic carbocycles. The normalized spacial score (nSPS) is 20.9. The van der Waals surface area contributed by atoms with E-state index in [1.54, 1.807) is 6.20 Å². The molecule has 4 amide bonds. The number of amides is 4. The van der Waals surface area contributed by atoms with E-state index in [9.17, 15) is 24.3 Å². The van der Waals surface area contributed by atoms with Crippen molar-refractivity contribution in [1.82, 2.24) is 31.4 Å². The van der Waals surface area contributed by atoms with Crippen LogP contribution in [-0.2, 0) is 41.5 Å². The summed E-state index contributed by atoms with van der Waals surface area (Å²) < 4.78 is 20.5. The maximum Gasteiger partial charge on any atom is 0.407 e. The molecule has 272 valence electrons. The number of pyridine rings is 1. The number of hydrogen-bond donors (Lipinski definition) is 5. The van der Waals surface area contributed by atoms with Crippen LogP contribution < -0.4 is 21.4 Å². The van der Waals surface area contributed by atoms with Crippen molar-refractivity contribution < 1.29 is 43.2 Å². The molecule has 0 radical (unpaired) electrons. The second kappa shape index (κ2) is 17.2. The van der Waals surface area contributed by atoms with Gasteiger partial charge in [0.25, 0.3) is 5.91 Å². The fourth-order valence-electron chi connectivity index (χ4n) is 6.04. The van der Waals surface area contributed by atoms with Gasteiger partial charge in [0.2, 0.25) is 5.91 Å². The van der Waals surface area contributed by atoms with E-state index in [0.717, 1.165) is 22.4 Å². The van der Waals surface area contributed by atoms with Crippen LogP contribution in [0.3, 0.4) is 0 Å². The standard InChI is InChI=1S/C36H44N6O9/c1-48-33(46)39-35(15-18-50-23-35)31(44)38-29(20-25-8-4-3-5-9-25)30(43)22-42(41-32(45)36(16-19-51-24-36)40-34(47)49-2)21-26-11-13-27(14-12-26)28-10-6-7-17-37-28/h3-14,17,29-30,43H,15-16,18-24H2,1-2H3,(H,38,44)(H,39,46)(H,40,47)(H,41,45). The Morgan fingerprint density at radius 1 is 0.824 bits per heavy atom. The van der Waals surface area contributed by atoms with Gasteiger partial charge >= 0.3 is 12.2 Å². The Morgan fingerprint density at radius 3 is 1.98 bits per heavy atom. The second-order valence-electron chi connectivity index (χ2n) is 12.6. The summed E-state index contributed by atoms with van der Waals surface area (Å²) in [5, 5.41) is 21.6. The average Bonchev–Trinajstić information content (AvgIpc) is 3.83. The van der Waals surface area contributed by atoms with Gasteiger partial charge < -0.3 is 40.0 Å². The van der Waals surface area contributed by atoms with E-state index < -0.39 is 47.2 Å². The van der Waals surface area contributed by atoms with Crippen LogP contribution in [0.4, 0.5) is 9.59 Å². The van der Waals surface area contributed by atoms with Crippen LogP contribution in [0.15, 0.2) is 79.0 Å². The first-order valence-electron chi connectivity index (χ1n) is 16.6. The Balaban J connectivity index is 1.41. The molecule has 0 bridgehead atoms. The van der Waals surface area contributed by atoms with Gasteiger partial charge in [0.1, 0.15) is 11.1 Å². The summed E-state index contributed by atoms with van der Waals surface area (Å²) in [4.78, 5) is 56.6. The number of ether oxygens (including phenoxy) is 4. The first-order valence-corrected chi connectivity index (χ1v) is 16.6. The molecule has 2 aromatic carbocycles. The summed E-state index contributed by atoms with van der Waals surface area (Å²) in [6.45, 7) is 0.338. The number of hydrazine groups is 1. The summed E-state index contributed by atoms with van der Waals surface area (Å²) >= 11 is 0. The number of carbonyl (C=O) groups excluding carboxylic acids is 4. The zero-order chi connectivity index (χ0) is 36.3. The molecule has 5 N–H and O–H groups in total. The maximum atomic E-state index is 13.9. The topological polar surface area (TPSA) is 190 Å². The number of methoxy groups -OCH3 is 2. The number of alkyl carbamates (subject to hydrolysis) is 2. The zero-order valence-corrected chi connectivity index (χ0v) is 28.6. The molecule has 2 saturated heterocycles. The minimum absolute atomic E-state index is 0.0733. The zero-order valence-electron chi connectivity index (χ0n) is 28.6. The molecule has 2 aliphatic rings. The summed E-state index contributed by atoms with van der Waals surface area (Å²) in [6.07, 6.45) is -0.476. The third-order valence-electron chi connectivity index (χ3n) is 9.00. The molecule has 3 aromatic rings. The van der Waals surface area contributed by atoms with Crippen LogP contribution in [0.2, 0.25) is 0 Å². The van der Waals surface area contributed by atoms with Crippen molar-refractivity contribution in [2.24, 2.45) is 0 Å². The number of carbonyl (C=O) groups is 4. The highest BCUT2D eigenvalue weighted by molar-refractivity contribution is 5.91. The molecule has 4 unspecified atom stereocenters. The van der Waals surface area contributed by atoms with Crippen LogP contribution in [0, 0.1) is 0 Å². The highest BCUT2D eigenvalue weighted by Gasteiger charge is 2.47. The van der Waals surface area contributed by atoms with Gasteiger partial charge in [-0.1, -0.05) is 60.7 Å². The van der Waals surface area contributed by atoms with Crippen molar-refractivity contribution in [1.29, 1.82) is 0 Å². The molecule has 15 nitrogen and oxygen atoms in total. The Morgan fingerprint density at radius 2 is 1.43 bits per heavy atom. The Labute approximate surface area is 296 Å². The Bertz CT molecular complexity index is 1620. The summed E-state index contributed by atoms with van der Waals surface area (Å²) in [7, 11) is 2.41. The van der Waals surface area contributed by atoms with Crippen molar-refractivity contribution in [2.75, 3.05) is 47.2 Å². The van der Waals surface area contributed by atoms with Crippen molar-refractivity contribution in [3.8, 4) is 11.3 Å². The lowest BCUT2D eigenvalue weighted by Crippen LogP contribution is -2.64. The molecule has 0 spiro atoms. The van der Waals surface area contributed by atoms with Gasteiger partial charge in [0.05, 0.1) is 45.3 Å². The van der Waals surface area contributed by atoms with Crippen molar-refractivity contribution in [3.05, 3.63) is 90.1 Å². The molecule has 15 heteroatoms. The molecular weight excluding hydrogens is 660 g/mol. The van der Waals surface area contributed by atoms with E-state index in [-0.39, 0.29) is 58.8 Å². The molecule has 4 atom stereocenters. The van der Waals surface area contributed by atoms with Gasteiger partial charge in [-0.3, -0.25) is 20.0 Å². The van der Waals surface area contributed by atoms with Crippen LogP contribution in [0.5, 0.6) is 0 Å². The lowest BCUT2D eigenvalue weighted by molar-refractivity contribution is -0.134. The van der Waals surface area contributed by atoms with Gasteiger partial charge in [0.15, 0.2) is 0 Å². The number of aliphatic hydroxyl groups excluding tert-OH is 1. The fourth-order valence-corrected chi connectivity index (χ4v) is 6.04. The summed E-state index contributed by atoms with van der Waals surface area (Å²) in [5.41, 5.74) is 3.41. The minimum atomic E-state index is -1.41. The SMILES string of the molecule is COC(=O)NC1(C(=O)NC(Cc2ccccc2)C(O)CN(Cc2ccc(-c3ccccn3)cc2)NC(=O)C2(NC(=O)OC)CCOC2)CCOC1. The van der Waals surface area contributed by atoms with Crippen LogP contribution in [0.1, 0.15) is 24.0 Å². The van der Waals surface area contributed by atoms with Gasteiger partial charge in [-0.05, 0) is 29.7 Å². The smallest absolute Gasteiger partial charge is 0.407 e. The van der Waals surface area contributed by atoms with Gasteiger partial charge in [-0.2, -0.15) is 0 Å². The van der Waals surface area contributed by atoms with E-state index in [2.05, 4.69) is 26.4 Å². The molecule has 5 rings (SSSR count). The largest absolute Gasteiger partial charge is 0.453 e. The van der Waals surface area contributed by atoms with Crippen LogP contribution >= 0.6 is 0 Å². The Hall–Kier alpha value is -5.09. The summed E-state index contributed by atoms with van der Waals surface area (Å²) in [6, 6.07) is 21.7. The lowest BCUT2D eigenvalue weighted by Gasteiger charge is -2.35. The first-order chi connectivity index (χ1) is 24.6. The number of nitrogens with one attached hydrogen (secondary N) is 4.